The van der Waals surface area contributed by atoms with E-state index in [1.807, 2.05) is 36.4 Å². The summed E-state index contributed by atoms with van der Waals surface area (Å²) in [5.41, 5.74) is 10.5. The van der Waals surface area contributed by atoms with Crippen LogP contribution in [0.3, 0.4) is 0 Å². The molecule has 2 amide bonds. The first-order chi connectivity index (χ1) is 15.0. The van der Waals surface area contributed by atoms with Gasteiger partial charge in [0.2, 0.25) is 5.91 Å². The number of carbonyl (C=O) groups excluding carboxylic acids is 2. The molecule has 0 saturated carbocycles. The molecule has 0 bridgehead atoms. The fourth-order valence-corrected chi connectivity index (χ4v) is 4.27. The highest BCUT2D eigenvalue weighted by Gasteiger charge is 2.30. The van der Waals surface area contributed by atoms with Crippen LogP contribution < -0.4 is 5.73 Å². The number of pyridine rings is 1. The zero-order valence-electron chi connectivity index (χ0n) is 17.3. The van der Waals surface area contributed by atoms with Gasteiger partial charge in [-0.2, -0.15) is 0 Å². The molecule has 1 atom stereocenters. The van der Waals surface area contributed by atoms with Gasteiger partial charge in [0.25, 0.3) is 5.91 Å². The molecule has 158 valence electrons. The van der Waals surface area contributed by atoms with Crippen molar-refractivity contribution in [3.8, 4) is 11.1 Å². The van der Waals surface area contributed by atoms with Gasteiger partial charge < -0.3 is 10.6 Å². The lowest BCUT2D eigenvalue weighted by molar-refractivity contribution is 0.0785. The first-order valence-corrected chi connectivity index (χ1v) is 10.4. The molecule has 4 rings (SSSR count). The zero-order valence-corrected chi connectivity index (χ0v) is 17.3. The number of hydrogen-bond acceptors (Lipinski definition) is 3. The van der Waals surface area contributed by atoms with E-state index >= 15 is 0 Å². The summed E-state index contributed by atoms with van der Waals surface area (Å²) < 4.78 is 13.1. The fraction of sp³-hybridized carbons (Fsp3) is 0.240. The summed E-state index contributed by atoms with van der Waals surface area (Å²) in [4.78, 5) is 30.6. The molecular weight excluding hydrogens is 393 g/mol. The number of primary amides is 1. The number of nitrogens with two attached hydrogens (primary N) is 1. The maximum atomic E-state index is 13.1. The zero-order chi connectivity index (χ0) is 22.0. The number of rotatable bonds is 5. The van der Waals surface area contributed by atoms with E-state index in [9.17, 15) is 14.0 Å². The van der Waals surface area contributed by atoms with Crippen LogP contribution in [0.4, 0.5) is 4.39 Å². The Balaban J connectivity index is 1.60. The van der Waals surface area contributed by atoms with Crippen molar-refractivity contribution in [2.75, 3.05) is 13.1 Å². The van der Waals surface area contributed by atoms with E-state index in [1.54, 1.807) is 4.90 Å². The lowest BCUT2D eigenvalue weighted by Gasteiger charge is -2.18. The van der Waals surface area contributed by atoms with Crippen LogP contribution in [0.25, 0.3) is 11.1 Å². The predicted molar refractivity (Wildman–Crippen MR) is 117 cm³/mol. The Morgan fingerprint density at radius 1 is 1.16 bits per heavy atom. The molecule has 31 heavy (non-hydrogen) atoms. The van der Waals surface area contributed by atoms with Crippen LogP contribution >= 0.6 is 0 Å². The van der Waals surface area contributed by atoms with Gasteiger partial charge >= 0.3 is 0 Å². The van der Waals surface area contributed by atoms with Gasteiger partial charge in [-0.05, 0) is 53.3 Å². The van der Waals surface area contributed by atoms with Gasteiger partial charge in [-0.25, -0.2) is 9.37 Å². The number of nitrogens with zero attached hydrogens (tertiary/aromatic N) is 2. The van der Waals surface area contributed by atoms with E-state index in [4.69, 9.17) is 5.73 Å². The molecule has 0 aliphatic carbocycles. The number of aryl methyl sites for hydroxylation is 1. The third kappa shape index (κ3) is 4.19. The van der Waals surface area contributed by atoms with Crippen LogP contribution in [0.1, 0.15) is 51.2 Å². The van der Waals surface area contributed by atoms with Crippen LogP contribution in [0.5, 0.6) is 0 Å². The SMILES string of the molecule is CCc1ccccc1-c1ccc(C2CCN(C(=O)c3ccc(F)cn3)C2)c(C(N)=O)c1. The van der Waals surface area contributed by atoms with Gasteiger partial charge in [-0.15, -0.1) is 0 Å². The Kier molecular flexibility index (Phi) is 5.80. The maximum Gasteiger partial charge on any atom is 0.272 e. The molecule has 3 aromatic rings. The first-order valence-electron chi connectivity index (χ1n) is 10.4. The maximum absolute atomic E-state index is 13.1. The molecule has 1 fully saturated rings. The summed E-state index contributed by atoms with van der Waals surface area (Å²) in [6, 6.07) is 16.6. The van der Waals surface area contributed by atoms with Gasteiger partial charge in [-0.3, -0.25) is 9.59 Å². The van der Waals surface area contributed by atoms with Crippen molar-refractivity contribution in [1.82, 2.24) is 9.88 Å². The predicted octanol–water partition coefficient (Wildman–Crippen LogP) is 4.18. The lowest BCUT2D eigenvalue weighted by Crippen LogP contribution is -2.29. The average molecular weight is 417 g/mol. The average Bonchev–Trinajstić information content (AvgIpc) is 3.28. The summed E-state index contributed by atoms with van der Waals surface area (Å²) in [5.74, 6) is -1.19. The number of carbonyl (C=O) groups is 2. The van der Waals surface area contributed by atoms with Crippen LogP contribution in [0.2, 0.25) is 0 Å². The molecule has 2 N–H and O–H groups in total. The Hall–Kier alpha value is -3.54. The van der Waals surface area contributed by atoms with Gasteiger partial charge in [0, 0.05) is 24.6 Å². The highest BCUT2D eigenvalue weighted by Crippen LogP contribution is 2.33. The van der Waals surface area contributed by atoms with Crippen molar-refractivity contribution in [3.63, 3.8) is 0 Å². The van der Waals surface area contributed by atoms with E-state index < -0.39 is 11.7 Å². The number of amides is 2. The van der Waals surface area contributed by atoms with E-state index in [0.29, 0.717) is 18.7 Å². The third-order valence-electron chi connectivity index (χ3n) is 5.89. The Labute approximate surface area is 180 Å². The molecule has 1 saturated heterocycles. The summed E-state index contributed by atoms with van der Waals surface area (Å²) in [6.45, 7) is 3.10. The molecular formula is C25H24FN3O2. The standard InChI is InChI=1S/C25H24FN3O2/c1-2-16-5-3-4-6-20(16)17-7-9-21(22(13-17)24(27)30)18-11-12-29(15-18)25(31)23-10-8-19(26)14-28-23/h3-10,13-14,18H,2,11-12,15H2,1H3,(H2,27,30). The second-order valence-electron chi connectivity index (χ2n) is 7.78. The second-order valence-corrected chi connectivity index (χ2v) is 7.78. The van der Waals surface area contributed by atoms with Crippen molar-refractivity contribution >= 4 is 11.8 Å². The summed E-state index contributed by atoms with van der Waals surface area (Å²) in [6.07, 6.45) is 2.65. The smallest absolute Gasteiger partial charge is 0.272 e. The largest absolute Gasteiger partial charge is 0.366 e. The molecule has 1 unspecified atom stereocenters. The van der Waals surface area contributed by atoms with Crippen LogP contribution in [0.15, 0.2) is 60.8 Å². The Morgan fingerprint density at radius 2 is 1.97 bits per heavy atom. The van der Waals surface area contributed by atoms with E-state index in [0.717, 1.165) is 35.7 Å². The number of likely N-dealkylation sites (tertiary alicyclic amines) is 1. The molecule has 1 aromatic heterocycles. The third-order valence-corrected chi connectivity index (χ3v) is 5.89. The topological polar surface area (TPSA) is 76.3 Å². The molecule has 6 heteroatoms. The summed E-state index contributed by atoms with van der Waals surface area (Å²) in [7, 11) is 0. The number of hydrogen-bond donors (Lipinski definition) is 1. The molecule has 1 aliphatic rings. The minimum Gasteiger partial charge on any atom is -0.366 e. The summed E-state index contributed by atoms with van der Waals surface area (Å²) in [5, 5.41) is 0. The minimum absolute atomic E-state index is 0.00219. The van der Waals surface area contributed by atoms with Gasteiger partial charge in [0.05, 0.1) is 6.20 Å². The number of benzene rings is 2. The van der Waals surface area contributed by atoms with Gasteiger partial charge in [-0.1, -0.05) is 43.3 Å². The normalized spacial score (nSPS) is 15.8. The molecule has 2 heterocycles. The van der Waals surface area contributed by atoms with Crippen molar-refractivity contribution in [3.05, 3.63) is 89.0 Å². The second kappa shape index (κ2) is 8.68. The van der Waals surface area contributed by atoms with Crippen LogP contribution in [-0.2, 0) is 6.42 Å². The van der Waals surface area contributed by atoms with Crippen molar-refractivity contribution < 1.29 is 14.0 Å². The van der Waals surface area contributed by atoms with E-state index in [2.05, 4.69) is 18.0 Å². The summed E-state index contributed by atoms with van der Waals surface area (Å²) >= 11 is 0. The van der Waals surface area contributed by atoms with Crippen LogP contribution in [0, 0.1) is 5.82 Å². The molecule has 5 nitrogen and oxygen atoms in total. The highest BCUT2D eigenvalue weighted by molar-refractivity contribution is 5.96. The van der Waals surface area contributed by atoms with Crippen molar-refractivity contribution in [2.45, 2.75) is 25.7 Å². The minimum atomic E-state index is -0.480. The molecule has 0 radical (unpaired) electrons. The number of aromatic nitrogens is 1. The van der Waals surface area contributed by atoms with Gasteiger partial charge in [0.1, 0.15) is 11.5 Å². The van der Waals surface area contributed by atoms with Crippen molar-refractivity contribution in [1.29, 1.82) is 0 Å². The van der Waals surface area contributed by atoms with Crippen molar-refractivity contribution in [2.24, 2.45) is 5.73 Å². The van der Waals surface area contributed by atoms with Gasteiger partial charge in [0.15, 0.2) is 0 Å². The first kappa shape index (κ1) is 20.7. The Bertz CT molecular complexity index is 1130. The number of halogens is 1. The lowest BCUT2D eigenvalue weighted by atomic mass is 9.89. The monoisotopic (exact) mass is 417 g/mol. The molecule has 1 aliphatic heterocycles. The molecule has 0 spiro atoms. The molecule has 2 aromatic carbocycles. The van der Waals surface area contributed by atoms with Crippen LogP contribution in [-0.4, -0.2) is 34.8 Å². The quantitative estimate of drug-likeness (QED) is 0.677. The fourth-order valence-electron chi connectivity index (χ4n) is 4.27. The highest BCUT2D eigenvalue weighted by atomic mass is 19.1. The Morgan fingerprint density at radius 3 is 2.68 bits per heavy atom. The van der Waals surface area contributed by atoms with E-state index in [1.165, 1.54) is 17.7 Å². The van der Waals surface area contributed by atoms with E-state index in [-0.39, 0.29) is 17.5 Å².